The Kier molecular flexibility index (Phi) is 2.72. The lowest BCUT2D eigenvalue weighted by molar-refractivity contribution is -0.111. The Balaban J connectivity index is 4.82. The summed E-state index contributed by atoms with van der Waals surface area (Å²) in [7, 11) is 0. The number of allylic oxidation sites excluding steroid dienone is 3. The molecular weight excluding hydrogens is 174 g/mol. The molecule has 6 heteroatoms. The first kappa shape index (κ1) is 10.1. The van der Waals surface area contributed by atoms with Gasteiger partial charge in [-0.3, -0.25) is 0 Å². The van der Waals surface area contributed by atoms with E-state index >= 15 is 0 Å². The van der Waals surface area contributed by atoms with Gasteiger partial charge in [-0.15, -0.1) is 0 Å². The molecule has 0 bridgehead atoms. The molecule has 64 valence electrons. The first-order valence-corrected chi connectivity index (χ1v) is 2.24. The monoisotopic (exact) mass is 176 g/mol. The van der Waals surface area contributed by atoms with Crippen LogP contribution in [0.5, 0.6) is 0 Å². The van der Waals surface area contributed by atoms with Crippen LogP contribution in [-0.4, -0.2) is 6.18 Å². The average Bonchev–Trinajstić information content (AvgIpc) is 1.82. The van der Waals surface area contributed by atoms with Crippen molar-refractivity contribution in [1.29, 1.82) is 0 Å². The predicted octanol–water partition coefficient (Wildman–Crippen LogP) is 3.18. The molecule has 0 unspecified atom stereocenters. The summed E-state index contributed by atoms with van der Waals surface area (Å²) in [5, 5.41) is 0. The van der Waals surface area contributed by atoms with Crippen molar-refractivity contribution in [3.63, 3.8) is 0 Å². The number of rotatable bonds is 1. The summed E-state index contributed by atoms with van der Waals surface area (Å²) >= 11 is 0. The van der Waals surface area contributed by atoms with Crippen molar-refractivity contribution in [1.82, 2.24) is 0 Å². The molecule has 0 atom stereocenters. The number of alkyl halides is 3. The van der Waals surface area contributed by atoms with E-state index < -0.39 is 23.7 Å². The zero-order chi connectivity index (χ0) is 9.23. The van der Waals surface area contributed by atoms with E-state index in [1.807, 2.05) is 0 Å². The summed E-state index contributed by atoms with van der Waals surface area (Å²) in [4.78, 5) is 0. The topological polar surface area (TPSA) is 0 Å². The lowest BCUT2D eigenvalue weighted by atomic mass is 10.4. The van der Waals surface area contributed by atoms with Crippen molar-refractivity contribution in [2.24, 2.45) is 0 Å². The molecular formula is C5H2F6. The third kappa shape index (κ3) is 2.65. The molecule has 0 amide bonds. The Morgan fingerprint density at radius 2 is 1.36 bits per heavy atom. The Labute approximate surface area is 57.8 Å². The minimum atomic E-state index is -5.50. The molecule has 0 aliphatic heterocycles. The average molecular weight is 176 g/mol. The van der Waals surface area contributed by atoms with E-state index in [1.54, 1.807) is 0 Å². The van der Waals surface area contributed by atoms with Crippen LogP contribution >= 0.6 is 0 Å². The fourth-order valence-corrected chi connectivity index (χ4v) is 0.244. The van der Waals surface area contributed by atoms with E-state index in [4.69, 9.17) is 0 Å². The summed E-state index contributed by atoms with van der Waals surface area (Å²) in [6.45, 7) is 2.15. The second-order valence-electron chi connectivity index (χ2n) is 1.53. The molecule has 11 heavy (non-hydrogen) atoms. The fraction of sp³-hybridized carbons (Fsp3) is 0.200. The van der Waals surface area contributed by atoms with Gasteiger partial charge in [0.05, 0.1) is 0 Å². The molecule has 0 rings (SSSR count). The Hall–Kier alpha value is -0.940. The maximum atomic E-state index is 11.7. The van der Waals surface area contributed by atoms with Gasteiger partial charge in [-0.2, -0.15) is 17.6 Å². The van der Waals surface area contributed by atoms with Gasteiger partial charge in [0, 0.05) is 0 Å². The lowest BCUT2D eigenvalue weighted by Crippen LogP contribution is -2.09. The summed E-state index contributed by atoms with van der Waals surface area (Å²) in [6, 6.07) is 0. The molecule has 0 aromatic rings. The fourth-order valence-electron chi connectivity index (χ4n) is 0.244. The standard InChI is InChI=1S/C5H2F6/c1-2(6)3(7)4(8)5(9,10)11/h1H2. The van der Waals surface area contributed by atoms with Crippen molar-refractivity contribution in [3.8, 4) is 0 Å². The largest absolute Gasteiger partial charge is 0.446 e. The van der Waals surface area contributed by atoms with Crippen LogP contribution in [-0.2, 0) is 0 Å². The molecule has 0 saturated heterocycles. The molecule has 0 aromatic heterocycles. The third-order valence-electron chi connectivity index (χ3n) is 0.680. The van der Waals surface area contributed by atoms with Gasteiger partial charge < -0.3 is 0 Å². The van der Waals surface area contributed by atoms with Crippen LogP contribution in [0, 0.1) is 0 Å². The van der Waals surface area contributed by atoms with Gasteiger partial charge in [0.2, 0.25) is 5.83 Å². The third-order valence-corrected chi connectivity index (χ3v) is 0.680. The van der Waals surface area contributed by atoms with Gasteiger partial charge >= 0.3 is 6.18 Å². The van der Waals surface area contributed by atoms with Crippen molar-refractivity contribution in [2.75, 3.05) is 0 Å². The molecule has 0 saturated carbocycles. The van der Waals surface area contributed by atoms with Crippen LogP contribution in [0.4, 0.5) is 26.3 Å². The zero-order valence-corrected chi connectivity index (χ0v) is 4.97. The molecule has 0 radical (unpaired) electrons. The van der Waals surface area contributed by atoms with Crippen LogP contribution in [0.25, 0.3) is 0 Å². The smallest absolute Gasteiger partial charge is 0.204 e. The van der Waals surface area contributed by atoms with E-state index in [0.717, 1.165) is 0 Å². The van der Waals surface area contributed by atoms with Crippen LogP contribution in [0.3, 0.4) is 0 Å². The van der Waals surface area contributed by atoms with Crippen LogP contribution < -0.4 is 0 Å². The van der Waals surface area contributed by atoms with Crippen LogP contribution in [0.15, 0.2) is 24.1 Å². The maximum Gasteiger partial charge on any atom is 0.446 e. The van der Waals surface area contributed by atoms with E-state index in [2.05, 4.69) is 6.58 Å². The molecule has 0 spiro atoms. The summed E-state index contributed by atoms with van der Waals surface area (Å²) in [5.41, 5.74) is 0. The zero-order valence-electron chi connectivity index (χ0n) is 4.97. The minimum absolute atomic E-state index is 2.08. The molecule has 0 aromatic carbocycles. The van der Waals surface area contributed by atoms with Crippen molar-refractivity contribution in [2.45, 2.75) is 6.18 Å². The Morgan fingerprint density at radius 3 is 1.45 bits per heavy atom. The highest BCUT2D eigenvalue weighted by Crippen LogP contribution is 2.32. The van der Waals surface area contributed by atoms with Gasteiger partial charge in [-0.05, 0) is 0 Å². The molecule has 0 nitrogen and oxygen atoms in total. The first-order valence-electron chi connectivity index (χ1n) is 2.24. The van der Waals surface area contributed by atoms with Gasteiger partial charge in [-0.1, -0.05) is 6.58 Å². The van der Waals surface area contributed by atoms with Gasteiger partial charge in [0.15, 0.2) is 11.7 Å². The summed E-state index contributed by atoms with van der Waals surface area (Å²) in [6.07, 6.45) is -5.50. The summed E-state index contributed by atoms with van der Waals surface area (Å²) < 4.78 is 68.4. The number of hydrogen-bond donors (Lipinski definition) is 0. The molecule has 0 aliphatic carbocycles. The van der Waals surface area contributed by atoms with Crippen molar-refractivity contribution in [3.05, 3.63) is 24.1 Å². The minimum Gasteiger partial charge on any atom is -0.204 e. The van der Waals surface area contributed by atoms with Crippen LogP contribution in [0.2, 0.25) is 0 Å². The quantitative estimate of drug-likeness (QED) is 0.425. The normalized spacial score (nSPS) is 14.4. The second kappa shape index (κ2) is 2.98. The number of hydrogen-bond acceptors (Lipinski definition) is 0. The van der Waals surface area contributed by atoms with Crippen LogP contribution in [0.1, 0.15) is 0 Å². The maximum absolute atomic E-state index is 11.7. The molecule has 0 N–H and O–H groups in total. The molecule has 0 aliphatic rings. The molecule has 0 fully saturated rings. The highest BCUT2D eigenvalue weighted by Gasteiger charge is 2.38. The van der Waals surface area contributed by atoms with Crippen molar-refractivity contribution >= 4 is 0 Å². The highest BCUT2D eigenvalue weighted by molar-refractivity contribution is 5.21. The SMILES string of the molecule is C=C(F)C(F)=C(F)C(F)(F)F. The molecule has 0 heterocycles. The first-order chi connectivity index (χ1) is 4.76. The van der Waals surface area contributed by atoms with Gasteiger partial charge in [0.1, 0.15) is 0 Å². The van der Waals surface area contributed by atoms with E-state index in [9.17, 15) is 26.3 Å². The van der Waals surface area contributed by atoms with Gasteiger partial charge in [0.25, 0.3) is 0 Å². The second-order valence-corrected chi connectivity index (χ2v) is 1.53. The lowest BCUT2D eigenvalue weighted by Gasteiger charge is -2.02. The summed E-state index contributed by atoms with van der Waals surface area (Å²) in [5.74, 6) is -7.80. The van der Waals surface area contributed by atoms with E-state index in [1.165, 1.54) is 0 Å². The Bertz CT molecular complexity index is 198. The highest BCUT2D eigenvalue weighted by atomic mass is 19.4. The number of halogens is 6. The van der Waals surface area contributed by atoms with E-state index in [-0.39, 0.29) is 0 Å². The Morgan fingerprint density at radius 1 is 1.00 bits per heavy atom. The predicted molar refractivity (Wildman–Crippen MR) is 25.5 cm³/mol. The van der Waals surface area contributed by atoms with E-state index in [0.29, 0.717) is 0 Å². The van der Waals surface area contributed by atoms with Gasteiger partial charge in [-0.25, -0.2) is 8.78 Å². The van der Waals surface area contributed by atoms with Crippen molar-refractivity contribution < 1.29 is 26.3 Å².